The first-order valence-electron chi connectivity index (χ1n) is 13.1. The molecule has 1 aliphatic rings. The molecule has 0 saturated heterocycles. The van der Waals surface area contributed by atoms with E-state index in [9.17, 15) is 4.79 Å². The first-order valence-corrected chi connectivity index (χ1v) is 13.1. The smallest absolute Gasteiger partial charge is 0.135 e. The Bertz CT molecular complexity index is 1290. The summed E-state index contributed by atoms with van der Waals surface area (Å²) in [6, 6.07) is 26.0. The van der Waals surface area contributed by atoms with Crippen LogP contribution in [0.3, 0.4) is 0 Å². The lowest BCUT2D eigenvalue weighted by Gasteiger charge is -2.28. The van der Waals surface area contributed by atoms with Gasteiger partial charge < -0.3 is 4.42 Å². The molecule has 0 bridgehead atoms. The van der Waals surface area contributed by atoms with Crippen LogP contribution in [-0.4, -0.2) is 23.8 Å². The van der Waals surface area contributed by atoms with Crippen LogP contribution in [0.5, 0.6) is 0 Å². The fourth-order valence-electron chi connectivity index (χ4n) is 5.11. The molecule has 0 saturated carbocycles. The highest BCUT2D eigenvalue weighted by Crippen LogP contribution is 2.31. The molecule has 0 amide bonds. The first-order chi connectivity index (χ1) is 17.2. The Morgan fingerprint density at radius 1 is 0.886 bits per heavy atom. The third-order valence-corrected chi connectivity index (χ3v) is 7.18. The summed E-state index contributed by atoms with van der Waals surface area (Å²) in [6.07, 6.45) is 6.74. The molecule has 180 valence electrons. The van der Waals surface area contributed by atoms with Gasteiger partial charge in [0.15, 0.2) is 0 Å². The van der Waals surface area contributed by atoms with Gasteiger partial charge in [-0.1, -0.05) is 68.3 Å². The van der Waals surface area contributed by atoms with Gasteiger partial charge in [0.25, 0.3) is 0 Å². The molecular formula is C32H35NO2. The Balaban J connectivity index is 1.24. The Morgan fingerprint density at radius 3 is 2.63 bits per heavy atom. The molecule has 0 fully saturated rings. The van der Waals surface area contributed by atoms with Crippen molar-refractivity contribution in [2.75, 3.05) is 13.1 Å². The van der Waals surface area contributed by atoms with Crippen LogP contribution < -0.4 is 0 Å². The minimum atomic E-state index is 0.413. The first kappa shape index (κ1) is 23.6. The average Bonchev–Trinajstić information content (AvgIpc) is 3.31. The van der Waals surface area contributed by atoms with E-state index in [2.05, 4.69) is 84.6 Å². The zero-order valence-corrected chi connectivity index (χ0v) is 20.8. The largest absolute Gasteiger partial charge is 0.456 e. The number of furan rings is 1. The summed E-state index contributed by atoms with van der Waals surface area (Å²) in [6.45, 7) is 5.00. The van der Waals surface area contributed by atoms with Gasteiger partial charge in [-0.25, -0.2) is 0 Å². The number of unbranched alkanes of at least 4 members (excludes halogenated alkanes) is 2. The average molecular weight is 466 g/mol. The van der Waals surface area contributed by atoms with E-state index in [1.807, 2.05) is 0 Å². The second-order valence-electron chi connectivity index (χ2n) is 9.90. The molecule has 1 aliphatic heterocycles. The zero-order valence-electron chi connectivity index (χ0n) is 20.8. The van der Waals surface area contributed by atoms with Crippen molar-refractivity contribution in [3.8, 4) is 11.3 Å². The van der Waals surface area contributed by atoms with Gasteiger partial charge in [0, 0.05) is 43.4 Å². The van der Waals surface area contributed by atoms with Crippen LogP contribution in [0.1, 0.15) is 61.3 Å². The number of rotatable bonds is 10. The highest BCUT2D eigenvalue weighted by Gasteiger charge is 2.18. The van der Waals surface area contributed by atoms with E-state index in [1.165, 1.54) is 28.7 Å². The predicted molar refractivity (Wildman–Crippen MR) is 144 cm³/mol. The number of carbonyl (C=O) groups is 1. The molecule has 4 aromatic rings. The number of Topliss-reactive ketones (excluding diaryl/α,β-unsaturated/α-hetero) is 1. The second-order valence-corrected chi connectivity index (χ2v) is 9.90. The maximum absolute atomic E-state index is 12.2. The molecular weight excluding hydrogens is 430 g/mol. The molecule has 0 aliphatic carbocycles. The molecule has 0 radical (unpaired) electrons. The number of carbonyl (C=O) groups excluding carboxylic acids is 1. The molecule has 0 N–H and O–H groups in total. The summed E-state index contributed by atoms with van der Waals surface area (Å²) in [5.41, 5.74) is 7.47. The second kappa shape index (κ2) is 11.0. The fraction of sp³-hybridized carbons (Fsp3) is 0.344. The SMILES string of the molecule is CCCCCC(=O)CCN1CCc2cc(-c3cc4cc(Cc5ccccc5)ccc4o3)ccc2C1. The van der Waals surface area contributed by atoms with Crippen molar-refractivity contribution in [2.24, 2.45) is 0 Å². The Hall–Kier alpha value is -3.17. The van der Waals surface area contributed by atoms with E-state index in [0.29, 0.717) is 12.2 Å². The Labute approximate surface area is 208 Å². The molecule has 3 heteroatoms. The van der Waals surface area contributed by atoms with E-state index in [-0.39, 0.29) is 0 Å². The number of nitrogens with zero attached hydrogens (tertiary/aromatic N) is 1. The highest BCUT2D eigenvalue weighted by molar-refractivity contribution is 5.83. The van der Waals surface area contributed by atoms with Crippen LogP contribution in [0.15, 0.2) is 77.2 Å². The maximum Gasteiger partial charge on any atom is 0.135 e. The Morgan fingerprint density at radius 2 is 1.77 bits per heavy atom. The van der Waals surface area contributed by atoms with Crippen LogP contribution in [0.2, 0.25) is 0 Å². The van der Waals surface area contributed by atoms with Gasteiger partial charge in [0.05, 0.1) is 0 Å². The van der Waals surface area contributed by atoms with Crippen LogP contribution in [0.4, 0.5) is 0 Å². The zero-order chi connectivity index (χ0) is 24.0. The van der Waals surface area contributed by atoms with Gasteiger partial charge in [-0.05, 0) is 65.8 Å². The molecule has 35 heavy (non-hydrogen) atoms. The van der Waals surface area contributed by atoms with Crippen LogP contribution in [0.25, 0.3) is 22.3 Å². The van der Waals surface area contributed by atoms with E-state index in [4.69, 9.17) is 4.42 Å². The highest BCUT2D eigenvalue weighted by atomic mass is 16.3. The van der Waals surface area contributed by atoms with Gasteiger partial charge in [-0.2, -0.15) is 0 Å². The molecule has 5 rings (SSSR count). The molecule has 3 nitrogen and oxygen atoms in total. The molecule has 0 atom stereocenters. The number of hydrogen-bond donors (Lipinski definition) is 0. The van der Waals surface area contributed by atoms with Crippen LogP contribution in [0, 0.1) is 0 Å². The van der Waals surface area contributed by atoms with E-state index < -0.39 is 0 Å². The third kappa shape index (κ3) is 5.91. The van der Waals surface area contributed by atoms with Crippen molar-refractivity contribution in [3.05, 3.63) is 95.1 Å². The molecule has 0 unspecified atom stereocenters. The summed E-state index contributed by atoms with van der Waals surface area (Å²) >= 11 is 0. The number of fused-ring (bicyclic) bond motifs is 2. The predicted octanol–water partition coefficient (Wildman–Crippen LogP) is 7.59. The number of ketones is 1. The minimum absolute atomic E-state index is 0.413. The van der Waals surface area contributed by atoms with Gasteiger partial charge in [-0.15, -0.1) is 0 Å². The van der Waals surface area contributed by atoms with Gasteiger partial charge in [0.2, 0.25) is 0 Å². The number of hydrogen-bond acceptors (Lipinski definition) is 3. The molecule has 2 heterocycles. The monoisotopic (exact) mass is 465 g/mol. The minimum Gasteiger partial charge on any atom is -0.456 e. The van der Waals surface area contributed by atoms with Crippen LogP contribution in [-0.2, 0) is 24.2 Å². The lowest BCUT2D eigenvalue weighted by molar-refractivity contribution is -0.119. The lowest BCUT2D eigenvalue weighted by Crippen LogP contribution is -2.32. The molecule has 1 aromatic heterocycles. The van der Waals surface area contributed by atoms with Gasteiger partial charge in [0.1, 0.15) is 17.1 Å². The molecule has 0 spiro atoms. The van der Waals surface area contributed by atoms with Crippen molar-refractivity contribution < 1.29 is 9.21 Å². The van der Waals surface area contributed by atoms with E-state index >= 15 is 0 Å². The van der Waals surface area contributed by atoms with Gasteiger partial charge in [-0.3, -0.25) is 9.69 Å². The van der Waals surface area contributed by atoms with E-state index in [0.717, 1.165) is 74.0 Å². The van der Waals surface area contributed by atoms with Crippen molar-refractivity contribution >= 4 is 16.8 Å². The fourth-order valence-corrected chi connectivity index (χ4v) is 5.11. The van der Waals surface area contributed by atoms with Crippen molar-refractivity contribution in [1.29, 1.82) is 0 Å². The number of benzene rings is 3. The van der Waals surface area contributed by atoms with Gasteiger partial charge >= 0.3 is 0 Å². The normalized spacial score (nSPS) is 13.7. The van der Waals surface area contributed by atoms with E-state index in [1.54, 1.807) is 0 Å². The molecule has 3 aromatic carbocycles. The summed E-state index contributed by atoms with van der Waals surface area (Å²) in [4.78, 5) is 14.6. The van der Waals surface area contributed by atoms with Crippen molar-refractivity contribution in [2.45, 2.75) is 58.4 Å². The lowest BCUT2D eigenvalue weighted by atomic mass is 9.96. The summed E-state index contributed by atoms with van der Waals surface area (Å²) in [5, 5.41) is 1.15. The standard InChI is InChI=1S/C32H35NO2/c1-2-3-5-10-30(34)16-18-33-17-15-26-21-27(12-13-28(26)23-33)32-22-29-20-25(11-14-31(29)35-32)19-24-8-6-4-7-9-24/h4,6-9,11-14,20-22H,2-3,5,10,15-19,23H2,1H3. The summed E-state index contributed by atoms with van der Waals surface area (Å²) in [7, 11) is 0. The van der Waals surface area contributed by atoms with Crippen molar-refractivity contribution in [1.82, 2.24) is 4.90 Å². The summed E-state index contributed by atoms with van der Waals surface area (Å²) < 4.78 is 6.23. The quantitative estimate of drug-likeness (QED) is 0.226. The van der Waals surface area contributed by atoms with Crippen LogP contribution >= 0.6 is 0 Å². The maximum atomic E-state index is 12.2. The topological polar surface area (TPSA) is 33.5 Å². The van der Waals surface area contributed by atoms with Crippen molar-refractivity contribution in [3.63, 3.8) is 0 Å². The third-order valence-electron chi connectivity index (χ3n) is 7.18. The summed E-state index contributed by atoms with van der Waals surface area (Å²) in [5.74, 6) is 1.34. The Kier molecular flexibility index (Phi) is 7.44.